The second-order valence-electron chi connectivity index (χ2n) is 5.77. The summed E-state index contributed by atoms with van der Waals surface area (Å²) in [6.45, 7) is 3.54. The van der Waals surface area contributed by atoms with Gasteiger partial charge in [-0.2, -0.15) is 0 Å². The Morgan fingerprint density at radius 1 is 1.12 bits per heavy atom. The molecule has 1 aliphatic rings. The molecule has 0 radical (unpaired) electrons. The fourth-order valence-corrected chi connectivity index (χ4v) is 3.27. The molecule has 4 N–H and O–H groups in total. The van der Waals surface area contributed by atoms with E-state index in [2.05, 4.69) is 5.32 Å². The highest BCUT2D eigenvalue weighted by Gasteiger charge is 2.26. The van der Waals surface area contributed by atoms with E-state index in [1.807, 2.05) is 0 Å². The monoisotopic (exact) mass is 344 g/mol. The zero-order chi connectivity index (χ0) is 17.6. The van der Waals surface area contributed by atoms with Crippen LogP contribution < -0.4 is 10.5 Å². The van der Waals surface area contributed by atoms with Gasteiger partial charge in [-0.1, -0.05) is 0 Å². The van der Waals surface area contributed by atoms with Crippen LogP contribution in [0.2, 0.25) is 0 Å². The van der Waals surface area contributed by atoms with Gasteiger partial charge in [0.05, 0.1) is 4.90 Å². The van der Waals surface area contributed by atoms with E-state index in [0.29, 0.717) is 28.0 Å². The first-order valence-corrected chi connectivity index (χ1v) is 8.72. The van der Waals surface area contributed by atoms with Gasteiger partial charge in [0.25, 0.3) is 5.91 Å². The number of anilines is 1. The Kier molecular flexibility index (Phi) is 3.70. The minimum absolute atomic E-state index is 0.0540. The normalized spacial score (nSPS) is 15.5. The molecule has 7 heteroatoms. The molecule has 0 unspecified atom stereocenters. The summed E-state index contributed by atoms with van der Waals surface area (Å²) in [4.78, 5) is 12.2. The predicted molar refractivity (Wildman–Crippen MR) is 91.9 cm³/mol. The first kappa shape index (κ1) is 16.2. The number of nitrogens with two attached hydrogens (primary N) is 1. The van der Waals surface area contributed by atoms with E-state index in [4.69, 9.17) is 5.14 Å². The van der Waals surface area contributed by atoms with Gasteiger partial charge < -0.3 is 10.4 Å². The van der Waals surface area contributed by atoms with Crippen LogP contribution in [0.5, 0.6) is 5.75 Å². The van der Waals surface area contributed by atoms with Gasteiger partial charge in [0.15, 0.2) is 0 Å². The van der Waals surface area contributed by atoms with Gasteiger partial charge in [-0.3, -0.25) is 4.79 Å². The fraction of sp³-hybridized carbons (Fsp3) is 0.118. The molecular weight excluding hydrogens is 328 g/mol. The molecule has 1 aliphatic heterocycles. The quantitative estimate of drug-likeness (QED) is 0.725. The molecule has 6 nitrogen and oxygen atoms in total. The highest BCUT2D eigenvalue weighted by atomic mass is 32.2. The van der Waals surface area contributed by atoms with Gasteiger partial charge in [-0.15, -0.1) is 0 Å². The lowest BCUT2D eigenvalue weighted by Gasteiger charge is -2.06. The number of fused-ring (bicyclic) bond motifs is 1. The van der Waals surface area contributed by atoms with Crippen molar-refractivity contribution in [1.82, 2.24) is 0 Å². The van der Waals surface area contributed by atoms with Gasteiger partial charge >= 0.3 is 0 Å². The molecule has 24 heavy (non-hydrogen) atoms. The number of aryl methyl sites for hydroxylation is 2. The molecule has 2 aromatic carbocycles. The molecule has 0 saturated heterocycles. The Balaban J connectivity index is 2.16. The molecule has 0 aliphatic carbocycles. The first-order chi connectivity index (χ1) is 11.2. The number of carbonyl (C=O) groups excluding carboxylic acids is 1. The van der Waals surface area contributed by atoms with Gasteiger partial charge in [-0.25, -0.2) is 13.6 Å². The summed E-state index contributed by atoms with van der Waals surface area (Å²) in [6.07, 6.45) is 1.66. The molecule has 0 aromatic heterocycles. The van der Waals surface area contributed by atoms with Crippen molar-refractivity contribution in [3.05, 3.63) is 52.6 Å². The second kappa shape index (κ2) is 5.47. The van der Waals surface area contributed by atoms with Gasteiger partial charge in [0.2, 0.25) is 10.0 Å². The van der Waals surface area contributed by atoms with Crippen molar-refractivity contribution in [1.29, 1.82) is 0 Å². The van der Waals surface area contributed by atoms with Crippen LogP contribution in [0.3, 0.4) is 0 Å². The van der Waals surface area contributed by atoms with Crippen molar-refractivity contribution in [2.24, 2.45) is 5.14 Å². The van der Waals surface area contributed by atoms with E-state index in [1.165, 1.54) is 18.2 Å². The number of sulfonamides is 1. The number of phenols is 1. The van der Waals surface area contributed by atoms with Crippen LogP contribution in [0, 0.1) is 13.8 Å². The molecule has 1 heterocycles. The highest BCUT2D eigenvalue weighted by Crippen LogP contribution is 2.35. The minimum Gasteiger partial charge on any atom is -0.507 e. The molecule has 0 atom stereocenters. The number of rotatable bonds is 2. The van der Waals surface area contributed by atoms with Crippen LogP contribution >= 0.6 is 0 Å². The number of amides is 1. The molecule has 1 amide bonds. The van der Waals surface area contributed by atoms with E-state index in [-0.39, 0.29) is 16.6 Å². The average molecular weight is 344 g/mol. The Hall–Kier alpha value is -2.64. The second-order valence-corrected chi connectivity index (χ2v) is 7.33. The summed E-state index contributed by atoms with van der Waals surface area (Å²) >= 11 is 0. The standard InChI is InChI=1S/C17H16N2O4S/c1-9-5-11(6-10(2)16(9)20)7-14-13-8-12(24(18,22)23)3-4-15(13)19-17(14)21/h3-8,20H,1-2H3,(H,19,21)(H2,18,22,23). The number of benzene rings is 2. The molecule has 0 saturated carbocycles. The topological polar surface area (TPSA) is 109 Å². The third-order valence-electron chi connectivity index (χ3n) is 3.93. The maximum absolute atomic E-state index is 12.2. The van der Waals surface area contributed by atoms with Crippen molar-refractivity contribution in [2.45, 2.75) is 18.7 Å². The first-order valence-electron chi connectivity index (χ1n) is 7.17. The number of carbonyl (C=O) groups is 1. The lowest BCUT2D eigenvalue weighted by atomic mass is 10.0. The third-order valence-corrected chi connectivity index (χ3v) is 4.84. The van der Waals surface area contributed by atoms with E-state index in [0.717, 1.165) is 5.56 Å². The van der Waals surface area contributed by atoms with Crippen molar-refractivity contribution in [2.75, 3.05) is 5.32 Å². The largest absolute Gasteiger partial charge is 0.507 e. The average Bonchev–Trinajstić information content (AvgIpc) is 2.79. The number of aromatic hydroxyl groups is 1. The minimum atomic E-state index is -3.86. The fourth-order valence-electron chi connectivity index (χ4n) is 2.73. The van der Waals surface area contributed by atoms with Crippen molar-refractivity contribution in [3.63, 3.8) is 0 Å². The summed E-state index contributed by atoms with van der Waals surface area (Å²) in [5, 5.41) is 17.7. The third kappa shape index (κ3) is 2.79. The van der Waals surface area contributed by atoms with E-state index in [1.54, 1.807) is 32.1 Å². The maximum Gasteiger partial charge on any atom is 0.256 e. The molecule has 0 spiro atoms. The van der Waals surface area contributed by atoms with Crippen LogP contribution in [-0.2, 0) is 14.8 Å². The summed E-state index contributed by atoms with van der Waals surface area (Å²) in [7, 11) is -3.86. The highest BCUT2D eigenvalue weighted by molar-refractivity contribution is 7.89. The maximum atomic E-state index is 12.2. The Bertz CT molecular complexity index is 984. The molecular formula is C17H16N2O4S. The summed E-state index contributed by atoms with van der Waals surface area (Å²) in [5.74, 6) is -0.107. The van der Waals surface area contributed by atoms with Gasteiger partial charge in [0.1, 0.15) is 5.75 Å². The summed E-state index contributed by atoms with van der Waals surface area (Å²) < 4.78 is 23.1. The molecule has 0 fully saturated rings. The van der Waals surface area contributed by atoms with Crippen LogP contribution in [-0.4, -0.2) is 19.4 Å². The van der Waals surface area contributed by atoms with E-state index < -0.39 is 10.0 Å². The van der Waals surface area contributed by atoms with Crippen molar-refractivity contribution in [3.8, 4) is 5.75 Å². The Morgan fingerprint density at radius 3 is 2.33 bits per heavy atom. The van der Waals surface area contributed by atoms with E-state index >= 15 is 0 Å². The molecule has 0 bridgehead atoms. The van der Waals surface area contributed by atoms with Crippen LogP contribution in [0.25, 0.3) is 11.6 Å². The molecule has 2 aromatic rings. The Labute approximate surface area is 139 Å². The lowest BCUT2D eigenvalue weighted by molar-refractivity contribution is -0.110. The van der Waals surface area contributed by atoms with Crippen LogP contribution in [0.1, 0.15) is 22.3 Å². The number of nitrogens with one attached hydrogen (secondary N) is 1. The molecule has 3 rings (SSSR count). The number of hydrogen-bond donors (Lipinski definition) is 3. The van der Waals surface area contributed by atoms with Crippen LogP contribution in [0.4, 0.5) is 5.69 Å². The van der Waals surface area contributed by atoms with Crippen LogP contribution in [0.15, 0.2) is 35.2 Å². The zero-order valence-corrected chi connectivity index (χ0v) is 13.9. The number of primary sulfonamides is 1. The van der Waals surface area contributed by atoms with Gasteiger partial charge in [-0.05, 0) is 66.9 Å². The number of hydrogen-bond acceptors (Lipinski definition) is 4. The SMILES string of the molecule is Cc1cc(C=C2C(=O)Nc3ccc(S(N)(=O)=O)cc32)cc(C)c1O. The Morgan fingerprint density at radius 2 is 1.75 bits per heavy atom. The predicted octanol–water partition coefficient (Wildman–Crippen LogP) is 2.15. The molecule has 124 valence electrons. The zero-order valence-electron chi connectivity index (χ0n) is 13.1. The summed E-state index contributed by atoms with van der Waals surface area (Å²) in [5.41, 5.74) is 3.49. The van der Waals surface area contributed by atoms with Gasteiger partial charge in [0, 0.05) is 16.8 Å². The van der Waals surface area contributed by atoms with Crippen molar-refractivity contribution < 1.29 is 18.3 Å². The smallest absolute Gasteiger partial charge is 0.256 e. The number of phenolic OH excluding ortho intramolecular Hbond substituents is 1. The van der Waals surface area contributed by atoms with Crippen molar-refractivity contribution >= 4 is 33.3 Å². The summed E-state index contributed by atoms with van der Waals surface area (Å²) in [6, 6.07) is 7.76. The lowest BCUT2D eigenvalue weighted by Crippen LogP contribution is -2.12. The van der Waals surface area contributed by atoms with E-state index in [9.17, 15) is 18.3 Å².